The highest BCUT2D eigenvalue weighted by Crippen LogP contribution is 2.36. The van der Waals surface area contributed by atoms with Crippen LogP contribution in [0.1, 0.15) is 101 Å². The summed E-state index contributed by atoms with van der Waals surface area (Å²) in [6.07, 6.45) is 5.94. The average Bonchev–Trinajstić information content (AvgIpc) is 1.61. The first-order valence-electron chi connectivity index (χ1n) is 36.1. The molecule has 5 aromatic carbocycles. The summed E-state index contributed by atoms with van der Waals surface area (Å²) in [6.45, 7) is 28.5. The molecule has 12 amide bonds. The summed E-state index contributed by atoms with van der Waals surface area (Å²) < 4.78 is 30.9. The smallest absolute Gasteiger partial charge is 0.407 e. The number of methoxy groups -OCH3 is 1. The molecule has 4 aliphatic rings. The summed E-state index contributed by atoms with van der Waals surface area (Å²) in [6, 6.07) is 33.3. The van der Waals surface area contributed by atoms with Gasteiger partial charge in [-0.25, -0.2) is 38.6 Å². The fourth-order valence-electron chi connectivity index (χ4n) is 12.1. The average molecular weight is 1690 g/mol. The van der Waals surface area contributed by atoms with Crippen molar-refractivity contribution in [2.75, 3.05) is 53.4 Å². The third kappa shape index (κ3) is 22.7. The van der Waals surface area contributed by atoms with Crippen molar-refractivity contribution in [2.24, 2.45) is 14.1 Å². The number of rotatable bonds is 23. The van der Waals surface area contributed by atoms with Crippen LogP contribution in [0.3, 0.4) is 0 Å². The molecule has 6 heterocycles. The number of amides is 12. The molecule has 3 fully saturated rings. The predicted molar refractivity (Wildman–Crippen MR) is 431 cm³/mol. The number of halogens is 2. The Labute approximate surface area is 666 Å². The number of hydrogen-bond acceptors (Lipinski definition) is 17. The summed E-state index contributed by atoms with van der Waals surface area (Å²) in [5, 5.41) is 25.0. The standard InChI is InChI=1S/C25H37N5O5Si.C23H21N5O3.C21H32BrN3O5Si.C10H11BrO2/c1-24(2,3)35-23(33)26-16-25(20-10-8-18(9-11-20)19-14-27-29(4)15-19)21(31)30(22(32)28-25)17-34-12-13-36(5,6)7;1-14-3-4-16-12-28(20(29)19(16)9-14)13-23(21(30)25-22(31)26-23)18-7-5-15(6-8-18)17-10-24-27(2)11-17;1-20(2,3)30-19(28)23-13-21(15-7-9-16(22)10-8-15)17(26)25(18(27)24-21)14-29-11-12-31(4,5)6;1-7-3-4-8(6-11)9(5-7)10(12)13-2/h8-11,14-15H,12-13,16-17H2,1-7H3,(H,26,33)(H,28,32);3-11H,12-13H2,1-2H3,(H2,25,26,30,31);7-10H,11-14H2,1-6H3,(H,23,28)(H,24,27);3-5H,6H2,1-2H3/t25-;23-;21-;/m000./s1. The van der Waals surface area contributed by atoms with Gasteiger partial charge in [-0.05, 0) is 131 Å². The lowest BCUT2D eigenvalue weighted by atomic mass is 9.88. The number of carbonyl (C=O) groups excluding carboxylic acids is 10. The van der Waals surface area contributed by atoms with Crippen molar-refractivity contribution in [1.29, 1.82) is 0 Å². The van der Waals surface area contributed by atoms with E-state index in [1.165, 1.54) is 7.11 Å². The van der Waals surface area contributed by atoms with Gasteiger partial charge < -0.3 is 55.2 Å². The van der Waals surface area contributed by atoms with Crippen molar-refractivity contribution in [3.05, 3.63) is 189 Å². The van der Waals surface area contributed by atoms with E-state index in [9.17, 15) is 47.9 Å². The van der Waals surface area contributed by atoms with Gasteiger partial charge in [0.1, 0.15) is 24.7 Å². The Morgan fingerprint density at radius 2 is 1.01 bits per heavy atom. The number of benzene rings is 5. The van der Waals surface area contributed by atoms with Gasteiger partial charge in [-0.3, -0.25) is 33.9 Å². The largest absolute Gasteiger partial charge is 0.465 e. The normalized spacial score (nSPS) is 18.1. The molecular formula is C79H101Br2N13O15Si2. The molecule has 7 aromatic rings. The molecule has 11 rings (SSSR count). The van der Waals surface area contributed by atoms with E-state index in [1.54, 1.807) is 105 Å². The molecule has 2 aromatic heterocycles. The van der Waals surface area contributed by atoms with E-state index in [-0.39, 0.29) is 45.0 Å². The zero-order valence-corrected chi connectivity index (χ0v) is 71.2. The Kier molecular flexibility index (Phi) is 28.2. The first kappa shape index (κ1) is 86.7. The monoisotopic (exact) mass is 1690 g/mol. The van der Waals surface area contributed by atoms with E-state index >= 15 is 0 Å². The highest BCUT2D eigenvalue weighted by atomic mass is 79.9. The first-order chi connectivity index (χ1) is 52.0. The molecule has 0 spiro atoms. The Bertz CT molecular complexity index is 4570. The molecule has 3 saturated heterocycles. The molecule has 0 bridgehead atoms. The van der Waals surface area contributed by atoms with E-state index in [0.717, 1.165) is 70.9 Å². The molecule has 3 atom stereocenters. The van der Waals surface area contributed by atoms with Gasteiger partial charge in [-0.2, -0.15) is 10.2 Å². The lowest BCUT2D eigenvalue weighted by Crippen LogP contribution is -2.53. The second-order valence-electron chi connectivity index (χ2n) is 31.9. The van der Waals surface area contributed by atoms with Gasteiger partial charge in [0.15, 0.2) is 16.6 Å². The Morgan fingerprint density at radius 1 is 0.577 bits per heavy atom. The zero-order chi connectivity index (χ0) is 81.8. The summed E-state index contributed by atoms with van der Waals surface area (Å²) in [5.41, 5.74) is 4.95. The SMILES string of the molecule is CC(C)(C)OC(=O)NC[C@@]1(c2ccc(Br)cc2)NC(=O)N(COCC[Si](C)(C)C)C1=O.COC(=O)c1cc(C)ccc1CBr.Cc1ccc2c(c1)C(=O)N(C[C@@]1(c3ccc(-c4cnn(C)c4)cc3)NC(=O)NC1=O)C2.Cn1cc(-c2ccc([C@]3(CNC(=O)OC(C)(C)C)NC(=O)N(COCC[Si](C)(C)C)C3=O)cc2)cn1. The molecule has 0 unspecified atom stereocenters. The van der Waals surface area contributed by atoms with Crippen molar-refractivity contribution in [3.63, 3.8) is 0 Å². The van der Waals surface area contributed by atoms with E-state index in [2.05, 4.69) is 118 Å². The van der Waals surface area contributed by atoms with Gasteiger partial charge in [0.05, 0.1) is 44.7 Å². The second-order valence-corrected chi connectivity index (χ2v) is 44.7. The number of alkyl halides is 1. The van der Waals surface area contributed by atoms with Crippen LogP contribution in [0, 0.1) is 13.8 Å². The van der Waals surface area contributed by atoms with Crippen molar-refractivity contribution in [2.45, 2.75) is 146 Å². The Balaban J connectivity index is 0.000000194. The van der Waals surface area contributed by atoms with Crippen LogP contribution in [0.25, 0.3) is 22.3 Å². The molecule has 6 N–H and O–H groups in total. The molecule has 594 valence electrons. The number of carbonyl (C=O) groups is 10. The number of aryl methyl sites for hydroxylation is 4. The van der Waals surface area contributed by atoms with Gasteiger partial charge in [0, 0.05) is 88.9 Å². The number of fused-ring (bicyclic) bond motifs is 1. The molecule has 32 heteroatoms. The van der Waals surface area contributed by atoms with Crippen LogP contribution >= 0.6 is 31.9 Å². The Morgan fingerprint density at radius 3 is 1.41 bits per heavy atom. The topological polar surface area (TPSA) is 334 Å². The van der Waals surface area contributed by atoms with Gasteiger partial charge in [0.25, 0.3) is 23.6 Å². The number of imide groups is 3. The van der Waals surface area contributed by atoms with Gasteiger partial charge in [-0.15, -0.1) is 0 Å². The minimum absolute atomic E-state index is 0.0450. The summed E-state index contributed by atoms with van der Waals surface area (Å²) in [5.74, 6) is -1.86. The molecule has 0 radical (unpaired) electrons. The number of ether oxygens (including phenoxy) is 5. The maximum Gasteiger partial charge on any atom is 0.407 e. The number of aromatic nitrogens is 4. The van der Waals surface area contributed by atoms with Crippen LogP contribution in [0.2, 0.25) is 51.4 Å². The highest BCUT2D eigenvalue weighted by molar-refractivity contribution is 9.10. The third-order valence-electron chi connectivity index (χ3n) is 18.1. The quantitative estimate of drug-likeness (QED) is 0.00865. The summed E-state index contributed by atoms with van der Waals surface area (Å²) in [4.78, 5) is 130. The van der Waals surface area contributed by atoms with Crippen LogP contribution < -0.4 is 31.9 Å². The number of esters is 1. The second kappa shape index (κ2) is 36.1. The number of nitrogens with one attached hydrogen (secondary N) is 6. The van der Waals surface area contributed by atoms with E-state index in [0.29, 0.717) is 52.9 Å². The van der Waals surface area contributed by atoms with E-state index < -0.39 is 92.0 Å². The van der Waals surface area contributed by atoms with E-state index in [4.69, 9.17) is 18.9 Å². The molecular weight excluding hydrogens is 1590 g/mol. The van der Waals surface area contributed by atoms with Crippen LogP contribution in [0.4, 0.5) is 24.0 Å². The van der Waals surface area contributed by atoms with Crippen molar-refractivity contribution in [3.8, 4) is 22.3 Å². The van der Waals surface area contributed by atoms with Crippen LogP contribution in [-0.4, -0.2) is 175 Å². The lowest BCUT2D eigenvalue weighted by molar-refractivity contribution is -0.136. The number of alkyl carbamates (subject to hydrolysis) is 2. The third-order valence-corrected chi connectivity index (χ3v) is 22.6. The fraction of sp³-hybridized carbons (Fsp3) is 0.418. The Hall–Kier alpha value is -9.87. The molecule has 28 nitrogen and oxygen atoms in total. The minimum atomic E-state index is -1.50. The summed E-state index contributed by atoms with van der Waals surface area (Å²) in [7, 11) is 2.46. The van der Waals surface area contributed by atoms with Crippen LogP contribution in [0.15, 0.2) is 138 Å². The van der Waals surface area contributed by atoms with Gasteiger partial charge in [0.2, 0.25) is 0 Å². The fourth-order valence-corrected chi connectivity index (χ4v) is 14.4. The molecule has 0 aliphatic carbocycles. The van der Waals surface area contributed by atoms with Crippen LogP contribution in [0.5, 0.6) is 0 Å². The predicted octanol–water partition coefficient (Wildman–Crippen LogP) is 12.5. The van der Waals surface area contributed by atoms with Crippen molar-refractivity contribution in [1.82, 2.24) is 66.2 Å². The number of hydrogen-bond donors (Lipinski definition) is 6. The molecule has 111 heavy (non-hydrogen) atoms. The number of nitrogens with zero attached hydrogens (tertiary/aromatic N) is 7. The maximum absolute atomic E-state index is 13.7. The zero-order valence-electron chi connectivity index (χ0n) is 66.0. The maximum atomic E-state index is 13.7. The van der Waals surface area contributed by atoms with E-state index in [1.807, 2.05) is 113 Å². The highest BCUT2D eigenvalue weighted by Gasteiger charge is 2.55. The minimum Gasteiger partial charge on any atom is -0.465 e. The van der Waals surface area contributed by atoms with Crippen molar-refractivity contribution >= 4 is 108 Å². The molecule has 4 aliphatic heterocycles. The number of urea groups is 3. The summed E-state index contributed by atoms with van der Waals surface area (Å²) >= 11 is 6.70. The molecule has 0 saturated carbocycles. The first-order valence-corrected chi connectivity index (χ1v) is 45.4. The van der Waals surface area contributed by atoms with Crippen molar-refractivity contribution < 1.29 is 71.6 Å². The van der Waals surface area contributed by atoms with Crippen LogP contribution in [-0.2, 0) is 80.7 Å². The van der Waals surface area contributed by atoms with Gasteiger partial charge >= 0.3 is 36.2 Å². The lowest BCUT2D eigenvalue weighted by Gasteiger charge is -2.31. The van der Waals surface area contributed by atoms with Gasteiger partial charge in [-0.1, -0.05) is 167 Å².